The number of hydrogen-bond donors (Lipinski definition) is 1. The highest BCUT2D eigenvalue weighted by molar-refractivity contribution is 6.02. The summed E-state index contributed by atoms with van der Waals surface area (Å²) in [5.74, 6) is 1.04. The van der Waals surface area contributed by atoms with Crippen molar-refractivity contribution in [1.29, 1.82) is 0 Å². The largest absolute Gasteiger partial charge is 0.493 e. The summed E-state index contributed by atoms with van der Waals surface area (Å²) in [7, 11) is 3.21. The highest BCUT2D eigenvalue weighted by Crippen LogP contribution is 2.34. The minimum absolute atomic E-state index is 0.0962. The zero-order valence-corrected chi connectivity index (χ0v) is 20.6. The Kier molecular flexibility index (Phi) is 6.21. The van der Waals surface area contributed by atoms with Crippen molar-refractivity contribution in [3.8, 4) is 11.5 Å². The van der Waals surface area contributed by atoms with Crippen LogP contribution in [0.5, 0.6) is 11.5 Å². The first-order valence-corrected chi connectivity index (χ1v) is 12.3. The number of nitrogens with one attached hydrogen (secondary N) is 1. The average molecular weight is 480 g/mol. The Morgan fingerprint density at radius 1 is 1.11 bits per heavy atom. The van der Waals surface area contributed by atoms with Crippen LogP contribution in [0.1, 0.15) is 55.1 Å². The van der Waals surface area contributed by atoms with E-state index in [9.17, 15) is 9.59 Å². The molecule has 1 fully saturated rings. The molecule has 1 N–H and O–H groups in total. The van der Waals surface area contributed by atoms with Crippen LogP contribution in [0.4, 0.5) is 0 Å². The van der Waals surface area contributed by atoms with E-state index in [4.69, 9.17) is 13.9 Å². The van der Waals surface area contributed by atoms with Crippen molar-refractivity contribution in [3.05, 3.63) is 47.9 Å². The van der Waals surface area contributed by atoms with Crippen LogP contribution in [-0.4, -0.2) is 53.6 Å². The SMILES string of the molecule is COc1ccc(CCN2C(=O)c3cc4occc4n3C[C@]2(C)C(=O)NC2CCCCC2)cc1OC. The molecule has 8 nitrogen and oxygen atoms in total. The first-order valence-electron chi connectivity index (χ1n) is 12.3. The molecule has 186 valence electrons. The number of ether oxygens (including phenoxy) is 2. The fraction of sp³-hybridized carbons (Fsp3) is 0.481. The zero-order valence-electron chi connectivity index (χ0n) is 20.6. The van der Waals surface area contributed by atoms with Crippen LogP contribution in [0.25, 0.3) is 11.1 Å². The number of rotatable bonds is 7. The second-order valence-corrected chi connectivity index (χ2v) is 9.76. The molecule has 3 heterocycles. The Hall–Kier alpha value is -3.42. The van der Waals surface area contributed by atoms with Crippen LogP contribution in [0.15, 0.2) is 41.0 Å². The summed E-state index contributed by atoms with van der Waals surface area (Å²) in [6, 6.07) is 9.54. The van der Waals surface area contributed by atoms with Gasteiger partial charge < -0.3 is 28.7 Å². The number of methoxy groups -OCH3 is 2. The molecule has 8 heteroatoms. The lowest BCUT2D eigenvalue weighted by Gasteiger charge is -2.45. The zero-order chi connectivity index (χ0) is 24.6. The number of nitrogens with zero attached hydrogens (tertiary/aromatic N) is 2. The Balaban J connectivity index is 1.45. The van der Waals surface area contributed by atoms with Crippen molar-refractivity contribution < 1.29 is 23.5 Å². The van der Waals surface area contributed by atoms with Crippen LogP contribution in [-0.2, 0) is 17.8 Å². The summed E-state index contributed by atoms with van der Waals surface area (Å²) < 4.78 is 18.3. The van der Waals surface area contributed by atoms with Crippen molar-refractivity contribution in [2.24, 2.45) is 0 Å². The van der Waals surface area contributed by atoms with E-state index in [-0.39, 0.29) is 17.9 Å². The highest BCUT2D eigenvalue weighted by Gasteiger charge is 2.48. The maximum absolute atomic E-state index is 13.8. The van der Waals surface area contributed by atoms with Gasteiger partial charge >= 0.3 is 0 Å². The Bertz CT molecular complexity index is 1240. The quantitative estimate of drug-likeness (QED) is 0.550. The van der Waals surface area contributed by atoms with Gasteiger partial charge in [0, 0.05) is 24.7 Å². The minimum Gasteiger partial charge on any atom is -0.493 e. The molecule has 1 atom stereocenters. The summed E-state index contributed by atoms with van der Waals surface area (Å²) >= 11 is 0. The van der Waals surface area contributed by atoms with Gasteiger partial charge in [0.1, 0.15) is 11.2 Å². The molecule has 35 heavy (non-hydrogen) atoms. The maximum atomic E-state index is 13.8. The van der Waals surface area contributed by atoms with E-state index < -0.39 is 5.54 Å². The molecule has 1 aliphatic carbocycles. The highest BCUT2D eigenvalue weighted by atomic mass is 16.5. The predicted molar refractivity (Wildman–Crippen MR) is 132 cm³/mol. The first kappa shape index (κ1) is 23.3. The third-order valence-electron chi connectivity index (χ3n) is 7.55. The number of aromatic nitrogens is 1. The minimum atomic E-state index is -1.03. The summed E-state index contributed by atoms with van der Waals surface area (Å²) in [5.41, 5.74) is 2.02. The van der Waals surface area contributed by atoms with Crippen molar-refractivity contribution in [1.82, 2.24) is 14.8 Å². The standard InChI is InChI=1S/C27H33N3O5/c1-27(26(32)28-19-7-5-4-6-8-19)17-29-20-12-14-35-23(20)16-21(29)25(31)30(27)13-11-18-9-10-22(33-2)24(15-18)34-3/h9-10,12,14-16,19H,4-8,11,13,17H2,1-3H3,(H,28,32)/t27-/m1/s1. The van der Waals surface area contributed by atoms with E-state index in [2.05, 4.69) is 5.32 Å². The molecule has 2 aliphatic rings. The number of fused-ring (bicyclic) bond motifs is 3. The normalized spacial score (nSPS) is 20.7. The third kappa shape index (κ3) is 4.15. The number of benzene rings is 1. The molecule has 2 aromatic heterocycles. The van der Waals surface area contributed by atoms with Crippen LogP contribution < -0.4 is 14.8 Å². The predicted octanol–water partition coefficient (Wildman–Crippen LogP) is 4.16. The van der Waals surface area contributed by atoms with Gasteiger partial charge in [0.05, 0.1) is 32.5 Å². The van der Waals surface area contributed by atoms with Crippen LogP contribution in [0, 0.1) is 0 Å². The Labute approximate surface area is 205 Å². The molecule has 1 aliphatic heterocycles. The summed E-state index contributed by atoms with van der Waals surface area (Å²) in [6.07, 6.45) is 7.64. The lowest BCUT2D eigenvalue weighted by atomic mass is 9.91. The summed E-state index contributed by atoms with van der Waals surface area (Å²) in [4.78, 5) is 29.3. The molecule has 3 aromatic rings. The fourth-order valence-electron chi connectivity index (χ4n) is 5.49. The van der Waals surface area contributed by atoms with E-state index in [1.165, 1.54) is 6.42 Å². The number of carbonyl (C=O) groups excluding carboxylic acids is 2. The maximum Gasteiger partial charge on any atom is 0.271 e. The van der Waals surface area contributed by atoms with Gasteiger partial charge in [-0.15, -0.1) is 0 Å². The van der Waals surface area contributed by atoms with Crippen molar-refractivity contribution in [2.75, 3.05) is 20.8 Å². The Morgan fingerprint density at radius 3 is 2.63 bits per heavy atom. The summed E-state index contributed by atoms with van der Waals surface area (Å²) in [5, 5.41) is 3.27. The molecule has 0 bridgehead atoms. The van der Waals surface area contributed by atoms with Crippen molar-refractivity contribution in [3.63, 3.8) is 0 Å². The van der Waals surface area contributed by atoms with E-state index >= 15 is 0 Å². The molecule has 1 aromatic carbocycles. The van der Waals surface area contributed by atoms with Crippen LogP contribution >= 0.6 is 0 Å². The summed E-state index contributed by atoms with van der Waals surface area (Å²) in [6.45, 7) is 2.66. The van der Waals surface area contributed by atoms with E-state index in [1.807, 2.05) is 35.8 Å². The topological polar surface area (TPSA) is 85.9 Å². The molecule has 1 saturated carbocycles. The molecular formula is C27H33N3O5. The van der Waals surface area contributed by atoms with Gasteiger partial charge in [-0.05, 0) is 43.9 Å². The Morgan fingerprint density at radius 2 is 1.89 bits per heavy atom. The molecule has 0 saturated heterocycles. The smallest absolute Gasteiger partial charge is 0.271 e. The molecule has 0 radical (unpaired) electrons. The van der Waals surface area contributed by atoms with Gasteiger partial charge in [0.2, 0.25) is 5.91 Å². The lowest BCUT2D eigenvalue weighted by molar-refractivity contribution is -0.133. The van der Waals surface area contributed by atoms with Gasteiger partial charge in [-0.1, -0.05) is 25.3 Å². The lowest BCUT2D eigenvalue weighted by Crippen LogP contribution is -2.65. The first-order chi connectivity index (χ1) is 16.9. The number of carbonyl (C=O) groups is 2. The van der Waals surface area contributed by atoms with Gasteiger partial charge in [-0.3, -0.25) is 9.59 Å². The molecule has 5 rings (SSSR count). The molecular weight excluding hydrogens is 446 g/mol. The van der Waals surface area contributed by atoms with Gasteiger partial charge in [0.15, 0.2) is 17.1 Å². The monoisotopic (exact) mass is 479 g/mol. The van der Waals surface area contributed by atoms with Crippen molar-refractivity contribution >= 4 is 22.9 Å². The second-order valence-electron chi connectivity index (χ2n) is 9.76. The fourth-order valence-corrected chi connectivity index (χ4v) is 5.49. The second kappa shape index (κ2) is 9.32. The van der Waals surface area contributed by atoms with Gasteiger partial charge in [-0.2, -0.15) is 0 Å². The third-order valence-corrected chi connectivity index (χ3v) is 7.55. The number of hydrogen-bond acceptors (Lipinski definition) is 5. The van der Waals surface area contributed by atoms with Crippen molar-refractivity contribution in [2.45, 2.75) is 63.6 Å². The van der Waals surface area contributed by atoms with E-state index in [0.717, 1.165) is 36.8 Å². The molecule has 0 unspecified atom stereocenters. The average Bonchev–Trinajstić information content (AvgIpc) is 3.47. The van der Waals surface area contributed by atoms with Gasteiger partial charge in [-0.25, -0.2) is 0 Å². The van der Waals surface area contributed by atoms with E-state index in [0.29, 0.717) is 42.3 Å². The number of furan rings is 1. The van der Waals surface area contributed by atoms with Gasteiger partial charge in [0.25, 0.3) is 5.91 Å². The van der Waals surface area contributed by atoms with Crippen LogP contribution in [0.2, 0.25) is 0 Å². The van der Waals surface area contributed by atoms with E-state index in [1.54, 1.807) is 31.4 Å². The molecule has 0 spiro atoms. The number of amides is 2. The molecule has 2 amide bonds. The van der Waals surface area contributed by atoms with Crippen LogP contribution in [0.3, 0.4) is 0 Å².